The van der Waals surface area contributed by atoms with E-state index in [1.807, 2.05) is 6.92 Å². The summed E-state index contributed by atoms with van der Waals surface area (Å²) in [6, 6.07) is 0. The third-order valence-corrected chi connectivity index (χ3v) is 2.45. The highest BCUT2D eigenvalue weighted by Gasteiger charge is 2.15. The fraction of sp³-hybridized carbons (Fsp3) is 0.545. The highest BCUT2D eigenvalue weighted by atomic mass is 16.4. The molecule has 0 aromatic carbocycles. The van der Waals surface area contributed by atoms with Gasteiger partial charge in [-0.2, -0.15) is 5.10 Å². The molecule has 0 fully saturated rings. The van der Waals surface area contributed by atoms with Crippen molar-refractivity contribution in [3.63, 3.8) is 0 Å². The second-order valence-electron chi connectivity index (χ2n) is 4.26. The molecule has 0 aliphatic heterocycles. The minimum absolute atomic E-state index is 0.00320. The van der Waals surface area contributed by atoms with Gasteiger partial charge < -0.3 is 10.4 Å². The van der Waals surface area contributed by atoms with E-state index >= 15 is 0 Å². The first-order chi connectivity index (χ1) is 7.90. The Balaban J connectivity index is 2.53. The molecule has 0 saturated heterocycles. The van der Waals surface area contributed by atoms with Crippen LogP contribution in [0.15, 0.2) is 0 Å². The molecule has 6 heteroatoms. The van der Waals surface area contributed by atoms with Crippen molar-refractivity contribution in [3.8, 4) is 0 Å². The highest BCUT2D eigenvalue weighted by Crippen LogP contribution is 2.17. The van der Waals surface area contributed by atoms with Crippen molar-refractivity contribution in [2.45, 2.75) is 33.6 Å². The minimum Gasteiger partial charge on any atom is -0.481 e. The largest absolute Gasteiger partial charge is 0.481 e. The second-order valence-corrected chi connectivity index (χ2v) is 4.26. The van der Waals surface area contributed by atoms with E-state index in [4.69, 9.17) is 5.11 Å². The number of carbonyl (C=O) groups is 2. The van der Waals surface area contributed by atoms with Crippen molar-refractivity contribution in [1.82, 2.24) is 10.2 Å². The fourth-order valence-electron chi connectivity index (χ4n) is 1.61. The number of aryl methyl sites for hydroxylation is 2. The fourth-order valence-corrected chi connectivity index (χ4v) is 1.61. The molecular weight excluding hydrogens is 222 g/mol. The number of nitrogens with one attached hydrogen (secondary N) is 2. The first-order valence-corrected chi connectivity index (χ1v) is 5.43. The van der Waals surface area contributed by atoms with Crippen LogP contribution in [0, 0.1) is 19.8 Å². The lowest BCUT2D eigenvalue weighted by molar-refractivity contribution is -0.138. The molecule has 0 radical (unpaired) electrons. The molecule has 1 aromatic rings. The van der Waals surface area contributed by atoms with Crippen molar-refractivity contribution in [2.75, 3.05) is 5.32 Å². The molecule has 0 aliphatic rings. The van der Waals surface area contributed by atoms with Gasteiger partial charge >= 0.3 is 5.97 Å². The van der Waals surface area contributed by atoms with E-state index in [1.165, 1.54) is 0 Å². The molecule has 1 heterocycles. The Morgan fingerprint density at radius 1 is 1.41 bits per heavy atom. The number of amides is 1. The van der Waals surface area contributed by atoms with E-state index in [9.17, 15) is 9.59 Å². The van der Waals surface area contributed by atoms with Crippen LogP contribution in [-0.4, -0.2) is 27.2 Å². The third kappa shape index (κ3) is 3.90. The Labute approximate surface area is 99.4 Å². The maximum Gasteiger partial charge on any atom is 0.303 e. The minimum atomic E-state index is -0.888. The lowest BCUT2D eigenvalue weighted by Gasteiger charge is -2.09. The van der Waals surface area contributed by atoms with Gasteiger partial charge in [0, 0.05) is 12.8 Å². The predicted molar refractivity (Wildman–Crippen MR) is 62.7 cm³/mol. The van der Waals surface area contributed by atoms with Gasteiger partial charge in [-0.1, -0.05) is 6.92 Å². The van der Waals surface area contributed by atoms with Crippen LogP contribution in [-0.2, 0) is 9.59 Å². The van der Waals surface area contributed by atoms with Crippen LogP contribution in [0.2, 0.25) is 0 Å². The summed E-state index contributed by atoms with van der Waals surface area (Å²) in [5.41, 5.74) is 2.20. The molecule has 17 heavy (non-hydrogen) atoms. The number of carbonyl (C=O) groups excluding carboxylic acids is 1. The van der Waals surface area contributed by atoms with Gasteiger partial charge in [-0.05, 0) is 19.8 Å². The maximum atomic E-state index is 11.7. The monoisotopic (exact) mass is 239 g/mol. The molecule has 1 aromatic heterocycles. The summed E-state index contributed by atoms with van der Waals surface area (Å²) in [5.74, 6) is -1.26. The highest BCUT2D eigenvalue weighted by molar-refractivity contribution is 5.92. The third-order valence-electron chi connectivity index (χ3n) is 2.45. The first kappa shape index (κ1) is 13.2. The van der Waals surface area contributed by atoms with E-state index in [-0.39, 0.29) is 24.7 Å². The summed E-state index contributed by atoms with van der Waals surface area (Å²) in [6.45, 7) is 5.35. The van der Waals surface area contributed by atoms with Gasteiger partial charge in [0.2, 0.25) is 5.91 Å². The zero-order valence-corrected chi connectivity index (χ0v) is 10.2. The average Bonchev–Trinajstić information content (AvgIpc) is 2.47. The summed E-state index contributed by atoms with van der Waals surface area (Å²) in [5, 5.41) is 18.1. The number of anilines is 1. The Morgan fingerprint density at radius 2 is 2.06 bits per heavy atom. The molecule has 0 spiro atoms. The number of aliphatic carboxylic acids is 1. The lowest BCUT2D eigenvalue weighted by atomic mass is 10.0. The van der Waals surface area contributed by atoms with E-state index in [1.54, 1.807) is 13.8 Å². The Bertz CT molecular complexity index is 406. The molecule has 1 amide bonds. The van der Waals surface area contributed by atoms with E-state index in [0.29, 0.717) is 5.69 Å². The van der Waals surface area contributed by atoms with Gasteiger partial charge in [0.05, 0.1) is 17.1 Å². The summed E-state index contributed by atoms with van der Waals surface area (Å²) >= 11 is 0. The molecule has 1 unspecified atom stereocenters. The van der Waals surface area contributed by atoms with Crippen molar-refractivity contribution >= 4 is 17.6 Å². The number of hydrogen-bond donors (Lipinski definition) is 3. The number of H-pyrrole nitrogens is 1. The number of aromatic amines is 1. The van der Waals surface area contributed by atoms with Gasteiger partial charge in [0.1, 0.15) is 0 Å². The Morgan fingerprint density at radius 3 is 2.53 bits per heavy atom. The molecule has 0 aliphatic carbocycles. The van der Waals surface area contributed by atoms with Crippen LogP contribution in [0.4, 0.5) is 5.69 Å². The number of rotatable bonds is 5. The average molecular weight is 239 g/mol. The topological polar surface area (TPSA) is 95.1 Å². The van der Waals surface area contributed by atoms with E-state index in [2.05, 4.69) is 15.5 Å². The molecular formula is C11H17N3O3. The maximum absolute atomic E-state index is 11.7. The number of carboxylic acid groups (broad SMARTS) is 1. The molecule has 0 saturated carbocycles. The van der Waals surface area contributed by atoms with Crippen LogP contribution >= 0.6 is 0 Å². The smallest absolute Gasteiger partial charge is 0.303 e. The van der Waals surface area contributed by atoms with Gasteiger partial charge in [-0.3, -0.25) is 14.7 Å². The number of hydrogen-bond acceptors (Lipinski definition) is 3. The summed E-state index contributed by atoms with van der Waals surface area (Å²) < 4.78 is 0. The number of nitrogens with zero attached hydrogens (tertiary/aromatic N) is 1. The summed E-state index contributed by atoms with van der Waals surface area (Å²) in [7, 11) is 0. The molecule has 3 N–H and O–H groups in total. The van der Waals surface area contributed by atoms with Crippen LogP contribution in [0.5, 0.6) is 0 Å². The van der Waals surface area contributed by atoms with Crippen molar-refractivity contribution in [3.05, 3.63) is 11.4 Å². The molecule has 6 nitrogen and oxygen atoms in total. The normalized spacial score (nSPS) is 12.2. The molecule has 94 valence electrons. The summed E-state index contributed by atoms with van der Waals surface area (Å²) in [4.78, 5) is 22.1. The van der Waals surface area contributed by atoms with Crippen LogP contribution < -0.4 is 5.32 Å². The van der Waals surface area contributed by atoms with Crippen LogP contribution in [0.1, 0.15) is 31.2 Å². The molecule has 1 rings (SSSR count). The first-order valence-electron chi connectivity index (χ1n) is 5.43. The molecule has 1 atom stereocenters. The van der Waals surface area contributed by atoms with Gasteiger partial charge in [-0.25, -0.2) is 0 Å². The van der Waals surface area contributed by atoms with Gasteiger partial charge in [-0.15, -0.1) is 0 Å². The van der Waals surface area contributed by atoms with Crippen molar-refractivity contribution in [2.24, 2.45) is 5.92 Å². The number of aromatic nitrogens is 2. The van der Waals surface area contributed by atoms with Crippen LogP contribution in [0.3, 0.4) is 0 Å². The molecule has 0 bridgehead atoms. The van der Waals surface area contributed by atoms with Gasteiger partial charge in [0.15, 0.2) is 0 Å². The van der Waals surface area contributed by atoms with Crippen molar-refractivity contribution < 1.29 is 14.7 Å². The van der Waals surface area contributed by atoms with Crippen LogP contribution in [0.25, 0.3) is 0 Å². The van der Waals surface area contributed by atoms with E-state index in [0.717, 1.165) is 11.4 Å². The predicted octanol–water partition coefficient (Wildman–Crippen LogP) is 1.47. The zero-order chi connectivity index (χ0) is 13.0. The lowest BCUT2D eigenvalue weighted by Crippen LogP contribution is -2.17. The summed E-state index contributed by atoms with van der Waals surface area (Å²) in [6.07, 6.45) is 0.188. The van der Waals surface area contributed by atoms with Gasteiger partial charge in [0.25, 0.3) is 0 Å². The standard InChI is InChI=1S/C11H17N3O3/c1-6(5-10(16)17)4-9(15)12-11-7(2)13-14-8(11)3/h6H,4-5H2,1-3H3,(H,12,15)(H,13,14)(H,16,17). The zero-order valence-electron chi connectivity index (χ0n) is 10.2. The SMILES string of the molecule is Cc1n[nH]c(C)c1NC(=O)CC(C)CC(=O)O. The van der Waals surface area contributed by atoms with E-state index < -0.39 is 5.97 Å². The second kappa shape index (κ2) is 5.47. The Kier molecular flexibility index (Phi) is 4.25. The quantitative estimate of drug-likeness (QED) is 0.725. The van der Waals surface area contributed by atoms with Crippen molar-refractivity contribution in [1.29, 1.82) is 0 Å². The number of carboxylic acids is 1. The Hall–Kier alpha value is -1.85.